The number of carbonyl (C=O) groups is 2. The van der Waals surface area contributed by atoms with E-state index in [0.29, 0.717) is 22.0 Å². The smallest absolute Gasteiger partial charge is 0.256 e. The number of methoxy groups -OCH3 is 1. The molecule has 178 valence electrons. The number of anilines is 1. The van der Waals surface area contributed by atoms with Crippen LogP contribution in [-0.4, -0.2) is 35.9 Å². The van der Waals surface area contributed by atoms with Gasteiger partial charge >= 0.3 is 0 Å². The Bertz CT molecular complexity index is 1230. The summed E-state index contributed by atoms with van der Waals surface area (Å²) in [6.07, 6.45) is 1.33. The first-order chi connectivity index (χ1) is 16.0. The van der Waals surface area contributed by atoms with Crippen molar-refractivity contribution in [3.05, 3.63) is 92.9 Å². The van der Waals surface area contributed by atoms with Crippen molar-refractivity contribution >= 4 is 29.1 Å². The molecule has 0 aliphatic rings. The Hall–Kier alpha value is -3.58. The van der Waals surface area contributed by atoms with Crippen LogP contribution in [0.15, 0.2) is 65.6 Å². The van der Waals surface area contributed by atoms with E-state index < -0.39 is 17.9 Å². The number of aromatic amines is 1. The van der Waals surface area contributed by atoms with E-state index in [1.807, 2.05) is 6.07 Å². The Balaban J connectivity index is 1.95. The Labute approximate surface area is 203 Å². The number of amides is 2. The molecule has 2 N–H and O–H groups in total. The molecule has 8 heteroatoms. The van der Waals surface area contributed by atoms with Crippen molar-refractivity contribution in [1.29, 1.82) is 0 Å². The van der Waals surface area contributed by atoms with Crippen molar-refractivity contribution in [2.24, 2.45) is 0 Å². The maximum atomic E-state index is 13.5. The van der Waals surface area contributed by atoms with Gasteiger partial charge in [-0.25, -0.2) is 0 Å². The molecule has 7 nitrogen and oxygen atoms in total. The number of nitrogens with zero attached hydrogens (tertiary/aromatic N) is 1. The van der Waals surface area contributed by atoms with Crippen molar-refractivity contribution in [2.75, 3.05) is 19.5 Å². The first-order valence-corrected chi connectivity index (χ1v) is 11.1. The number of likely N-dealkylation sites (N-methyl/N-ethyl adjacent to an activating group) is 1. The molecule has 0 aliphatic carbocycles. The van der Waals surface area contributed by atoms with Crippen molar-refractivity contribution in [3.63, 3.8) is 0 Å². The number of ether oxygens (including phenoxy) is 1. The van der Waals surface area contributed by atoms with Crippen LogP contribution in [0.25, 0.3) is 0 Å². The molecule has 0 radical (unpaired) electrons. The minimum atomic E-state index is -0.952. The minimum absolute atomic E-state index is 0.144. The minimum Gasteiger partial charge on any atom is -0.497 e. The number of pyridine rings is 1. The fourth-order valence-electron chi connectivity index (χ4n) is 3.61. The van der Waals surface area contributed by atoms with E-state index in [4.69, 9.17) is 16.3 Å². The molecule has 2 amide bonds. The van der Waals surface area contributed by atoms with E-state index in [1.165, 1.54) is 30.3 Å². The Morgan fingerprint density at radius 1 is 1.06 bits per heavy atom. The molecule has 2 aromatic carbocycles. The normalized spacial score (nSPS) is 12.1. The van der Waals surface area contributed by atoms with Crippen LogP contribution in [0.1, 0.15) is 48.3 Å². The maximum absolute atomic E-state index is 13.5. The summed E-state index contributed by atoms with van der Waals surface area (Å²) in [5, 5.41) is 3.42. The van der Waals surface area contributed by atoms with Crippen LogP contribution in [0.4, 0.5) is 5.69 Å². The van der Waals surface area contributed by atoms with Crippen LogP contribution in [0.2, 0.25) is 5.02 Å². The highest BCUT2D eigenvalue weighted by molar-refractivity contribution is 6.31. The lowest BCUT2D eigenvalue weighted by atomic mass is 9.87. The van der Waals surface area contributed by atoms with E-state index >= 15 is 0 Å². The van der Waals surface area contributed by atoms with Crippen LogP contribution >= 0.6 is 11.6 Å². The van der Waals surface area contributed by atoms with Gasteiger partial charge in [-0.15, -0.1) is 0 Å². The predicted molar refractivity (Wildman–Crippen MR) is 134 cm³/mol. The van der Waals surface area contributed by atoms with E-state index in [0.717, 1.165) is 5.56 Å². The third-order valence-electron chi connectivity index (χ3n) is 5.46. The molecule has 0 spiro atoms. The topological polar surface area (TPSA) is 91.5 Å². The van der Waals surface area contributed by atoms with Gasteiger partial charge in [-0.2, -0.15) is 0 Å². The zero-order valence-corrected chi connectivity index (χ0v) is 20.6. The molecule has 1 heterocycles. The number of hydrogen-bond acceptors (Lipinski definition) is 4. The van der Waals surface area contributed by atoms with E-state index in [2.05, 4.69) is 31.1 Å². The van der Waals surface area contributed by atoms with Crippen LogP contribution in [0, 0.1) is 0 Å². The number of H-pyrrole nitrogens is 1. The number of benzene rings is 2. The standard InChI is InChI=1S/C26H28ClN3O4/c1-26(2,3)20-12-9-18(14-21(20)27)29-24(32)23(16-6-10-19(34-5)11-7-16)30(4)25(33)17-8-13-22(31)28-15-17/h6-15,23H,1-5H3,(H,28,31)(H,29,32). The zero-order chi connectivity index (χ0) is 25.0. The van der Waals surface area contributed by atoms with Crippen molar-refractivity contribution in [2.45, 2.75) is 32.2 Å². The number of carbonyl (C=O) groups excluding carboxylic acids is 2. The molecule has 0 aliphatic heterocycles. The number of rotatable bonds is 6. The molecular weight excluding hydrogens is 454 g/mol. The fourth-order valence-corrected chi connectivity index (χ4v) is 4.08. The first kappa shape index (κ1) is 25.1. The molecule has 0 fully saturated rings. The lowest BCUT2D eigenvalue weighted by Gasteiger charge is -2.28. The van der Waals surface area contributed by atoms with Crippen LogP contribution in [0.3, 0.4) is 0 Å². The van der Waals surface area contributed by atoms with Crippen molar-refractivity contribution in [1.82, 2.24) is 9.88 Å². The molecule has 3 aromatic rings. The van der Waals surface area contributed by atoms with Gasteiger partial charge in [-0.3, -0.25) is 14.4 Å². The Morgan fingerprint density at radius 3 is 2.26 bits per heavy atom. The molecule has 0 saturated carbocycles. The van der Waals surface area contributed by atoms with Gasteiger partial charge in [0.05, 0.1) is 12.7 Å². The van der Waals surface area contributed by atoms with Crippen LogP contribution in [-0.2, 0) is 10.2 Å². The average molecular weight is 482 g/mol. The monoisotopic (exact) mass is 481 g/mol. The fraction of sp³-hybridized carbons (Fsp3) is 0.269. The second-order valence-corrected chi connectivity index (χ2v) is 9.37. The second-order valence-electron chi connectivity index (χ2n) is 8.97. The van der Waals surface area contributed by atoms with E-state index in [9.17, 15) is 14.4 Å². The van der Waals surface area contributed by atoms with Gasteiger partial charge < -0.3 is 19.9 Å². The summed E-state index contributed by atoms with van der Waals surface area (Å²) in [6, 6.07) is 14.0. The number of hydrogen-bond donors (Lipinski definition) is 2. The van der Waals surface area contributed by atoms with Crippen LogP contribution in [0.5, 0.6) is 5.75 Å². The summed E-state index contributed by atoms with van der Waals surface area (Å²) in [6.45, 7) is 6.18. The van der Waals surface area contributed by atoms with Crippen molar-refractivity contribution < 1.29 is 14.3 Å². The molecular formula is C26H28ClN3O4. The Morgan fingerprint density at radius 2 is 1.74 bits per heavy atom. The number of aromatic nitrogens is 1. The summed E-state index contributed by atoms with van der Waals surface area (Å²) in [7, 11) is 3.09. The van der Waals surface area contributed by atoms with E-state index in [-0.39, 0.29) is 16.5 Å². The summed E-state index contributed by atoms with van der Waals surface area (Å²) in [5.74, 6) is -0.208. The summed E-state index contributed by atoms with van der Waals surface area (Å²) < 4.78 is 5.22. The molecule has 1 atom stereocenters. The summed E-state index contributed by atoms with van der Waals surface area (Å²) in [5.41, 5.74) is 1.87. The van der Waals surface area contributed by atoms with Gasteiger partial charge in [0, 0.05) is 30.0 Å². The van der Waals surface area contributed by atoms with Gasteiger partial charge in [-0.05, 0) is 46.9 Å². The SMILES string of the molecule is COc1ccc(C(C(=O)Nc2ccc(C(C)(C)C)c(Cl)c2)N(C)C(=O)c2ccc(=O)[nH]c2)cc1. The van der Waals surface area contributed by atoms with Gasteiger partial charge in [0.15, 0.2) is 0 Å². The number of nitrogens with one attached hydrogen (secondary N) is 2. The molecule has 0 saturated heterocycles. The van der Waals surface area contributed by atoms with Crippen molar-refractivity contribution in [3.8, 4) is 5.75 Å². The predicted octanol–water partition coefficient (Wildman–Crippen LogP) is 4.79. The largest absolute Gasteiger partial charge is 0.497 e. The lowest BCUT2D eigenvalue weighted by Crippen LogP contribution is -2.38. The van der Waals surface area contributed by atoms with E-state index in [1.54, 1.807) is 43.5 Å². The summed E-state index contributed by atoms with van der Waals surface area (Å²) >= 11 is 6.47. The molecule has 3 rings (SSSR count). The highest BCUT2D eigenvalue weighted by Crippen LogP contribution is 2.32. The average Bonchev–Trinajstić information content (AvgIpc) is 2.79. The van der Waals surface area contributed by atoms with Crippen LogP contribution < -0.4 is 15.6 Å². The highest BCUT2D eigenvalue weighted by Gasteiger charge is 2.30. The second kappa shape index (κ2) is 10.1. The molecule has 1 unspecified atom stereocenters. The quantitative estimate of drug-likeness (QED) is 0.529. The highest BCUT2D eigenvalue weighted by atomic mass is 35.5. The third-order valence-corrected chi connectivity index (χ3v) is 5.78. The third kappa shape index (κ3) is 5.66. The van der Waals surface area contributed by atoms with Gasteiger partial charge in [0.25, 0.3) is 11.8 Å². The summed E-state index contributed by atoms with van der Waals surface area (Å²) in [4.78, 5) is 41.8. The first-order valence-electron chi connectivity index (χ1n) is 10.7. The number of halogens is 1. The Kier molecular flexibility index (Phi) is 7.47. The van der Waals surface area contributed by atoms with Gasteiger partial charge in [0.2, 0.25) is 5.56 Å². The molecule has 34 heavy (non-hydrogen) atoms. The lowest BCUT2D eigenvalue weighted by molar-refractivity contribution is -0.120. The zero-order valence-electron chi connectivity index (χ0n) is 19.8. The molecule has 0 bridgehead atoms. The maximum Gasteiger partial charge on any atom is 0.256 e. The molecule has 1 aromatic heterocycles. The van der Waals surface area contributed by atoms with Gasteiger partial charge in [0.1, 0.15) is 11.8 Å². The van der Waals surface area contributed by atoms with Gasteiger partial charge in [-0.1, -0.05) is 50.6 Å².